The van der Waals surface area contributed by atoms with Gasteiger partial charge in [0.15, 0.2) is 0 Å². The molecule has 0 spiro atoms. The minimum absolute atomic E-state index is 0.663. The number of benzene rings is 5. The van der Waals surface area contributed by atoms with Gasteiger partial charge < -0.3 is 48.2 Å². The van der Waals surface area contributed by atoms with Crippen LogP contribution >= 0.6 is 0 Å². The predicted octanol–water partition coefficient (Wildman–Crippen LogP) is 13.9. The highest BCUT2D eigenvalue weighted by atomic mass is 16.5. The van der Waals surface area contributed by atoms with Gasteiger partial charge in [0.2, 0.25) is 0 Å². The van der Waals surface area contributed by atoms with Crippen molar-refractivity contribution in [3.05, 3.63) is 149 Å². The van der Waals surface area contributed by atoms with E-state index in [4.69, 9.17) is 50.0 Å². The summed E-state index contributed by atoms with van der Waals surface area (Å²) >= 11 is 0. The number of hydrogen-bond donors (Lipinski definition) is 0. The Labute approximate surface area is 524 Å². The predicted molar refractivity (Wildman–Crippen MR) is 352 cm³/mol. The molecule has 0 unspecified atom stereocenters. The number of nitrogens with zero attached hydrogens (tertiary/aromatic N) is 10. The molecule has 1 heterocycles. The third kappa shape index (κ3) is 37.5. The van der Waals surface area contributed by atoms with E-state index in [-0.39, 0.29) is 0 Å². The highest BCUT2D eigenvalue weighted by molar-refractivity contribution is 5.37. The van der Waals surface area contributed by atoms with E-state index in [1.54, 1.807) is 60.7 Å². The third-order valence-electron chi connectivity index (χ3n) is 14.1. The molecule has 0 amide bonds. The Morgan fingerprint density at radius 2 is 0.632 bits per heavy atom. The van der Waals surface area contributed by atoms with Crippen LogP contribution in [-0.2, 0) is 0 Å². The zero-order chi connectivity index (χ0) is 63.4. The van der Waals surface area contributed by atoms with Crippen LogP contribution in [0.5, 0.6) is 28.7 Å². The van der Waals surface area contributed by atoms with Crippen LogP contribution in [0.4, 0.5) is 0 Å². The fourth-order valence-corrected chi connectivity index (χ4v) is 8.96. The number of ether oxygens (including phenoxy) is 5. The van der Waals surface area contributed by atoms with Crippen LogP contribution in [0, 0.1) is 56.7 Å². The average Bonchev–Trinajstić information content (AvgIpc) is 4.18. The molecule has 0 aromatic heterocycles. The number of hydrogen-bond acceptors (Lipinski definition) is 15. The Morgan fingerprint density at radius 1 is 0.333 bits per heavy atom. The summed E-state index contributed by atoms with van der Waals surface area (Å²) in [5.74, 6) is 4.20. The average molecular weight is 1190 g/mol. The second-order valence-corrected chi connectivity index (χ2v) is 21.1. The van der Waals surface area contributed by atoms with Gasteiger partial charge in [-0.3, -0.25) is 0 Å². The number of likely N-dealkylation sites (tertiary alicyclic amines) is 1. The lowest BCUT2D eigenvalue weighted by atomic mass is 10.2. The van der Waals surface area contributed by atoms with E-state index in [0.29, 0.717) is 41.0 Å². The van der Waals surface area contributed by atoms with Gasteiger partial charge in [0.25, 0.3) is 0 Å². The van der Waals surface area contributed by atoms with Gasteiger partial charge in [-0.25, -0.2) is 0 Å². The van der Waals surface area contributed by atoms with Crippen molar-refractivity contribution in [2.45, 2.75) is 112 Å². The highest BCUT2D eigenvalue weighted by Gasteiger charge is 2.11. The van der Waals surface area contributed by atoms with Crippen LogP contribution in [0.15, 0.2) is 121 Å². The molecule has 87 heavy (non-hydrogen) atoms. The molecular formula is C72H102N10O5. The zero-order valence-corrected chi connectivity index (χ0v) is 54.1. The van der Waals surface area contributed by atoms with Crippen LogP contribution in [0.3, 0.4) is 0 Å². The van der Waals surface area contributed by atoms with Gasteiger partial charge in [-0.05, 0) is 271 Å². The van der Waals surface area contributed by atoms with Gasteiger partial charge in [-0.2, -0.15) is 26.3 Å². The molecule has 1 fully saturated rings. The minimum Gasteiger partial charge on any atom is -0.494 e. The van der Waals surface area contributed by atoms with Gasteiger partial charge in [-0.15, -0.1) is 0 Å². The molecular weight excluding hydrogens is 1080 g/mol. The molecule has 1 saturated heterocycles. The standard InChI is InChI=1S/C18H28N2O.C15H22N2O.C14H18N2O.C13H18N2O.C12H16N2O/c1-3-12-20(13-4-2)14-6-5-7-15-21-18-10-8-17(16-19)9-11-18;1-3-17(4-2)11-5-6-12-18-15-9-7-14(13-16)8-10-15;15-12-13-4-6-14(7-5-13)17-11-3-10-16-8-1-2-9-16;1-3-15(4-2)9-10-16-13-7-5-12(11-14)6-8-13;1-14(2)8-3-9-15-12-6-4-11(10-13)5-7-12/h8-11H,3-7,12-15H2,1-2H3;7-10H,3-6,11-12H2,1-2H3;4-7H,1-3,8-11H2;5-8H,3-4,9-10H2,1-2H3;4-7H,3,8-9H2,1-2H3. The first-order valence-corrected chi connectivity index (χ1v) is 31.7. The van der Waals surface area contributed by atoms with Crippen molar-refractivity contribution in [1.29, 1.82) is 26.3 Å². The summed E-state index contributed by atoms with van der Waals surface area (Å²) in [6, 6.07) is 46.7. The van der Waals surface area contributed by atoms with Crippen molar-refractivity contribution in [2.75, 3.05) is 132 Å². The molecule has 0 saturated carbocycles. The quantitative estimate of drug-likeness (QED) is 0.0349. The molecule has 1 aliphatic heterocycles. The van der Waals surface area contributed by atoms with Crippen molar-refractivity contribution in [3.63, 3.8) is 0 Å². The van der Waals surface area contributed by atoms with Gasteiger partial charge in [0, 0.05) is 19.6 Å². The number of likely N-dealkylation sites (N-methyl/N-ethyl adjacent to an activating group) is 1. The maximum atomic E-state index is 8.73. The van der Waals surface area contributed by atoms with Crippen LogP contribution in [0.2, 0.25) is 0 Å². The van der Waals surface area contributed by atoms with Crippen molar-refractivity contribution in [3.8, 4) is 59.1 Å². The summed E-state index contributed by atoms with van der Waals surface area (Å²) in [4.78, 5) is 11.9. The zero-order valence-electron chi connectivity index (χ0n) is 54.1. The Bertz CT molecular complexity index is 2670. The molecule has 0 bridgehead atoms. The minimum atomic E-state index is 0.663. The molecule has 15 heteroatoms. The maximum absolute atomic E-state index is 8.73. The van der Waals surface area contributed by atoms with E-state index in [0.717, 1.165) is 133 Å². The van der Waals surface area contributed by atoms with Crippen molar-refractivity contribution in [2.24, 2.45) is 0 Å². The van der Waals surface area contributed by atoms with Gasteiger partial charge in [-0.1, -0.05) is 41.5 Å². The van der Waals surface area contributed by atoms with Crippen molar-refractivity contribution >= 4 is 0 Å². The number of unbranched alkanes of at least 4 members (excludes halogenated alkanes) is 3. The first-order valence-electron chi connectivity index (χ1n) is 31.7. The van der Waals surface area contributed by atoms with E-state index in [1.807, 2.05) is 74.8 Å². The van der Waals surface area contributed by atoms with E-state index >= 15 is 0 Å². The first kappa shape index (κ1) is 75.4. The van der Waals surface area contributed by atoms with E-state index < -0.39 is 0 Å². The summed E-state index contributed by atoms with van der Waals surface area (Å²) < 4.78 is 28.0. The van der Waals surface area contributed by atoms with Gasteiger partial charge >= 0.3 is 0 Å². The van der Waals surface area contributed by atoms with E-state index in [9.17, 15) is 0 Å². The fourth-order valence-electron chi connectivity index (χ4n) is 8.96. The van der Waals surface area contributed by atoms with Crippen molar-refractivity contribution < 1.29 is 23.7 Å². The summed E-state index contributed by atoms with van der Waals surface area (Å²) in [6.45, 7) is 31.5. The van der Waals surface area contributed by atoms with E-state index in [2.05, 4.69) is 96.4 Å². The lowest BCUT2D eigenvalue weighted by Gasteiger charge is -2.20. The molecule has 15 nitrogen and oxygen atoms in total. The van der Waals surface area contributed by atoms with Crippen molar-refractivity contribution in [1.82, 2.24) is 24.5 Å². The molecule has 0 aliphatic carbocycles. The molecule has 5 aromatic rings. The summed E-state index contributed by atoms with van der Waals surface area (Å²) in [5.41, 5.74) is 3.35. The van der Waals surface area contributed by atoms with Crippen LogP contribution in [0.25, 0.3) is 0 Å². The highest BCUT2D eigenvalue weighted by Crippen LogP contribution is 2.17. The lowest BCUT2D eigenvalue weighted by molar-refractivity contribution is 0.223. The van der Waals surface area contributed by atoms with Crippen LogP contribution < -0.4 is 23.7 Å². The summed E-state index contributed by atoms with van der Waals surface area (Å²) in [7, 11) is 4.09. The monoisotopic (exact) mass is 1190 g/mol. The fraction of sp³-hybridized carbons (Fsp3) is 0.514. The molecule has 6 rings (SSSR count). The van der Waals surface area contributed by atoms with Crippen LogP contribution in [-0.4, -0.2) is 157 Å². The van der Waals surface area contributed by atoms with Gasteiger partial charge in [0.05, 0.1) is 84.6 Å². The second kappa shape index (κ2) is 50.5. The molecule has 0 radical (unpaired) electrons. The largest absolute Gasteiger partial charge is 0.494 e. The number of nitriles is 5. The second-order valence-electron chi connectivity index (χ2n) is 21.1. The SMILES string of the molecule is CCCN(CCC)CCCCCOc1ccc(C#N)cc1.CCN(CC)CCCCOc1ccc(C#N)cc1.CCN(CC)CCOc1ccc(C#N)cc1.CN(C)CCCOc1ccc(C#N)cc1.N#Cc1ccc(OCCCN2CCCC2)cc1. The molecule has 1 aliphatic rings. The lowest BCUT2D eigenvalue weighted by Crippen LogP contribution is -2.27. The van der Waals surface area contributed by atoms with E-state index in [1.165, 1.54) is 71.2 Å². The van der Waals surface area contributed by atoms with Crippen LogP contribution in [0.1, 0.15) is 140 Å². The molecule has 5 aromatic carbocycles. The Balaban J connectivity index is 0.000000372. The Morgan fingerprint density at radius 3 is 0.966 bits per heavy atom. The Kier molecular flexibility index (Phi) is 43.8. The number of rotatable bonds is 35. The maximum Gasteiger partial charge on any atom is 0.119 e. The molecule has 470 valence electrons. The first-order chi connectivity index (χ1) is 42.5. The topological polar surface area (TPSA) is 181 Å². The normalized spacial score (nSPS) is 11.3. The smallest absolute Gasteiger partial charge is 0.119 e. The third-order valence-corrected chi connectivity index (χ3v) is 14.1. The molecule has 0 N–H and O–H groups in total. The Hall–Kier alpha value is -7.65. The summed E-state index contributed by atoms with van der Waals surface area (Å²) in [5, 5.41) is 43.3. The summed E-state index contributed by atoms with van der Waals surface area (Å²) in [6.07, 6.45) is 13.0. The van der Waals surface area contributed by atoms with Gasteiger partial charge in [0.1, 0.15) is 35.4 Å². The molecule has 0 atom stereocenters.